The highest BCUT2D eigenvalue weighted by molar-refractivity contribution is 7.99. The van der Waals surface area contributed by atoms with Gasteiger partial charge in [-0.05, 0) is 104 Å². The second-order valence-electron chi connectivity index (χ2n) is 10.1. The Balaban J connectivity index is 1.38. The van der Waals surface area contributed by atoms with Crippen LogP contribution in [-0.2, 0) is 0 Å². The van der Waals surface area contributed by atoms with Crippen LogP contribution >= 0.6 is 47.2 Å². The van der Waals surface area contributed by atoms with Gasteiger partial charge in [-0.15, -0.1) is 0 Å². The minimum Gasteiger partial charge on any atom is -0.351 e. The Morgan fingerprint density at radius 2 is 1.65 bits per heavy atom. The fraction of sp³-hybridized carbons (Fsp3) is 0.125. The first kappa shape index (κ1) is 29.2. The zero-order valence-electron chi connectivity index (χ0n) is 23.1. The summed E-state index contributed by atoms with van der Waals surface area (Å²) in [4.78, 5) is 19.4. The fourth-order valence-corrected chi connectivity index (χ4v) is 7.17. The van der Waals surface area contributed by atoms with E-state index in [2.05, 4.69) is 39.7 Å². The van der Waals surface area contributed by atoms with E-state index >= 15 is 0 Å². The third-order valence-electron chi connectivity index (χ3n) is 7.44. The van der Waals surface area contributed by atoms with E-state index in [4.69, 9.17) is 35.4 Å². The molecule has 1 fully saturated rings. The quantitative estimate of drug-likeness (QED) is 0.107. The second kappa shape index (κ2) is 12.0. The van der Waals surface area contributed by atoms with Crippen LogP contribution in [0.15, 0.2) is 107 Å². The van der Waals surface area contributed by atoms with E-state index in [9.17, 15) is 10.1 Å². The van der Waals surface area contributed by atoms with Crippen LogP contribution in [0, 0.1) is 24.0 Å². The monoisotopic (exact) mass is 645 g/mol. The van der Waals surface area contributed by atoms with Crippen LogP contribution in [0.2, 0.25) is 10.0 Å². The number of nitro benzene ring substituents is 1. The number of anilines is 1. The maximum atomic E-state index is 11.0. The Morgan fingerprint density at radius 1 is 0.953 bits per heavy atom. The Morgan fingerprint density at radius 3 is 2.28 bits per heavy atom. The largest absolute Gasteiger partial charge is 0.351 e. The highest BCUT2D eigenvalue weighted by atomic mass is 35.5. The van der Waals surface area contributed by atoms with Crippen molar-refractivity contribution in [1.29, 1.82) is 0 Å². The third kappa shape index (κ3) is 5.73. The van der Waals surface area contributed by atoms with Crippen molar-refractivity contribution in [3.63, 3.8) is 0 Å². The number of nitrogens with zero attached hydrogens (tertiary/aromatic N) is 4. The van der Waals surface area contributed by atoms with Gasteiger partial charge in [0, 0.05) is 50.2 Å². The average molecular weight is 647 g/mol. The lowest BCUT2D eigenvalue weighted by atomic mass is 9.96. The fourth-order valence-electron chi connectivity index (χ4n) is 5.52. The van der Waals surface area contributed by atoms with Crippen molar-refractivity contribution in [3.05, 3.63) is 140 Å². The molecule has 5 aromatic rings. The molecule has 0 saturated carbocycles. The molecule has 0 radical (unpaired) electrons. The minimum absolute atomic E-state index is 0.0703. The van der Waals surface area contributed by atoms with Crippen molar-refractivity contribution in [2.24, 2.45) is 0 Å². The molecule has 1 N–H and O–H groups in total. The number of nitro groups is 1. The number of hydrogen-bond acceptors (Lipinski definition) is 5. The Kier molecular flexibility index (Phi) is 8.15. The zero-order chi connectivity index (χ0) is 30.2. The van der Waals surface area contributed by atoms with Crippen LogP contribution in [0.5, 0.6) is 0 Å². The predicted octanol–water partition coefficient (Wildman–Crippen LogP) is 9.03. The molecule has 11 heteroatoms. The molecule has 1 aliphatic rings. The van der Waals surface area contributed by atoms with Gasteiger partial charge in [0.1, 0.15) is 0 Å². The number of non-ortho nitro benzene ring substituents is 1. The minimum atomic E-state index is -0.397. The SMILES string of the molecule is Cc1cc([C@H]2[C@@H](c3ccccn3)NC(=S)N2c2ccc(Sc3ccc([N+](=O)[O-])cc3)cc2)c(C)n1-c1ccc(Cl)cc1Cl. The molecule has 6 rings (SSSR count). The van der Waals surface area contributed by atoms with Crippen molar-refractivity contribution in [3.8, 4) is 5.69 Å². The number of benzene rings is 3. The molecular formula is C32H25Cl2N5O2S2. The first-order valence-electron chi connectivity index (χ1n) is 13.4. The van der Waals surface area contributed by atoms with Crippen LogP contribution in [-0.4, -0.2) is 19.6 Å². The second-order valence-corrected chi connectivity index (χ2v) is 12.5. The van der Waals surface area contributed by atoms with E-state index in [0.29, 0.717) is 15.2 Å². The van der Waals surface area contributed by atoms with Gasteiger partial charge in [0.15, 0.2) is 5.11 Å². The maximum Gasteiger partial charge on any atom is 0.269 e. The molecule has 43 heavy (non-hydrogen) atoms. The number of pyridine rings is 1. The maximum absolute atomic E-state index is 11.0. The molecule has 0 amide bonds. The van der Waals surface area contributed by atoms with Crippen LogP contribution in [0.1, 0.15) is 34.7 Å². The molecule has 3 aromatic carbocycles. The molecule has 0 bridgehead atoms. The summed E-state index contributed by atoms with van der Waals surface area (Å²) < 4.78 is 2.15. The number of halogens is 2. The van der Waals surface area contributed by atoms with Gasteiger partial charge in [-0.25, -0.2) is 0 Å². The molecule has 7 nitrogen and oxygen atoms in total. The van der Waals surface area contributed by atoms with Crippen molar-refractivity contribution >= 4 is 63.7 Å². The number of aromatic nitrogens is 2. The summed E-state index contributed by atoms with van der Waals surface area (Å²) in [5.74, 6) is 0. The first-order chi connectivity index (χ1) is 20.7. The van der Waals surface area contributed by atoms with Crippen LogP contribution in [0.4, 0.5) is 11.4 Å². The Hall–Kier alpha value is -3.89. The topological polar surface area (TPSA) is 76.2 Å². The van der Waals surface area contributed by atoms with Crippen molar-refractivity contribution in [2.45, 2.75) is 35.7 Å². The van der Waals surface area contributed by atoms with Gasteiger partial charge in [-0.2, -0.15) is 0 Å². The molecule has 1 aliphatic heterocycles. The van der Waals surface area contributed by atoms with E-state index in [0.717, 1.165) is 43.8 Å². The average Bonchev–Trinajstić information content (AvgIpc) is 3.49. The van der Waals surface area contributed by atoms with E-state index in [1.54, 1.807) is 24.4 Å². The number of aryl methyl sites for hydroxylation is 1. The van der Waals surface area contributed by atoms with Crippen molar-refractivity contribution in [2.75, 3.05) is 4.90 Å². The Labute approximate surface area is 268 Å². The summed E-state index contributed by atoms with van der Waals surface area (Å²) in [5.41, 5.74) is 5.91. The summed E-state index contributed by atoms with van der Waals surface area (Å²) in [6.07, 6.45) is 1.79. The molecule has 0 aliphatic carbocycles. The lowest BCUT2D eigenvalue weighted by molar-refractivity contribution is -0.384. The van der Waals surface area contributed by atoms with Crippen LogP contribution in [0.3, 0.4) is 0 Å². The standard InChI is InChI=1S/C32H25Cl2N5O2S2/c1-19-17-26(20(2)37(19)29-15-6-21(33)18-27(29)34)31-30(28-5-3-4-16-35-28)36-32(42)38(31)22-7-11-24(12-8-22)43-25-13-9-23(10-14-25)39(40)41/h3-18,30-31H,1-2H3,(H,36,42)/t30-,31+/m1/s1. The predicted molar refractivity (Wildman–Crippen MR) is 177 cm³/mol. The summed E-state index contributed by atoms with van der Waals surface area (Å²) >= 11 is 20.3. The van der Waals surface area contributed by atoms with Gasteiger partial charge >= 0.3 is 0 Å². The van der Waals surface area contributed by atoms with Crippen molar-refractivity contribution < 1.29 is 4.92 Å². The summed E-state index contributed by atoms with van der Waals surface area (Å²) in [5, 5.41) is 16.3. The van der Waals surface area contributed by atoms with Crippen LogP contribution < -0.4 is 10.2 Å². The van der Waals surface area contributed by atoms with Gasteiger partial charge in [-0.3, -0.25) is 15.1 Å². The molecule has 0 unspecified atom stereocenters. The van der Waals surface area contributed by atoms with Gasteiger partial charge in [0.25, 0.3) is 5.69 Å². The normalized spacial score (nSPS) is 16.4. The van der Waals surface area contributed by atoms with Crippen molar-refractivity contribution in [1.82, 2.24) is 14.9 Å². The lowest BCUT2D eigenvalue weighted by Gasteiger charge is -2.28. The number of hydrogen-bond donors (Lipinski definition) is 1. The molecule has 0 spiro atoms. The summed E-state index contributed by atoms with van der Waals surface area (Å²) in [7, 11) is 0. The molecular weight excluding hydrogens is 621 g/mol. The van der Waals surface area contributed by atoms with Gasteiger partial charge in [0.2, 0.25) is 0 Å². The molecule has 2 aromatic heterocycles. The smallest absolute Gasteiger partial charge is 0.269 e. The molecule has 216 valence electrons. The van der Waals surface area contributed by atoms with Gasteiger partial charge in [-0.1, -0.05) is 41.0 Å². The third-order valence-corrected chi connectivity index (χ3v) is 9.30. The van der Waals surface area contributed by atoms with E-state index < -0.39 is 4.92 Å². The highest BCUT2D eigenvalue weighted by Gasteiger charge is 2.42. The lowest BCUT2D eigenvalue weighted by Crippen LogP contribution is -2.29. The highest BCUT2D eigenvalue weighted by Crippen LogP contribution is 2.44. The summed E-state index contributed by atoms with van der Waals surface area (Å²) in [6.45, 7) is 4.15. The number of thiocarbonyl (C=S) groups is 1. The zero-order valence-corrected chi connectivity index (χ0v) is 26.2. The van der Waals surface area contributed by atoms with E-state index in [1.807, 2.05) is 54.6 Å². The molecule has 3 heterocycles. The van der Waals surface area contributed by atoms with Crippen LogP contribution in [0.25, 0.3) is 5.69 Å². The number of rotatable bonds is 7. The molecule has 1 saturated heterocycles. The number of nitrogens with one attached hydrogen (secondary N) is 1. The van der Waals surface area contributed by atoms with E-state index in [-0.39, 0.29) is 17.8 Å². The Bertz CT molecular complexity index is 1830. The summed E-state index contributed by atoms with van der Waals surface area (Å²) in [6, 6.07) is 27.9. The van der Waals surface area contributed by atoms with Gasteiger partial charge in [0.05, 0.1) is 33.4 Å². The van der Waals surface area contributed by atoms with E-state index in [1.165, 1.54) is 23.9 Å². The van der Waals surface area contributed by atoms with Gasteiger partial charge < -0.3 is 14.8 Å². The first-order valence-corrected chi connectivity index (χ1v) is 15.4. The molecule has 2 atom stereocenters.